The summed E-state index contributed by atoms with van der Waals surface area (Å²) in [4.78, 5) is 1.27. The lowest BCUT2D eigenvalue weighted by Crippen LogP contribution is -1.97. The van der Waals surface area contributed by atoms with Crippen LogP contribution in [0, 0.1) is 6.92 Å². The zero-order valence-corrected chi connectivity index (χ0v) is 12.3. The van der Waals surface area contributed by atoms with Crippen molar-refractivity contribution >= 4 is 23.4 Å². The van der Waals surface area contributed by atoms with Gasteiger partial charge in [-0.2, -0.15) is 0 Å². The minimum absolute atomic E-state index is 0.0383. The van der Waals surface area contributed by atoms with Crippen molar-refractivity contribution in [2.45, 2.75) is 23.6 Å². The number of aryl methyl sites for hydroxylation is 1. The molecule has 0 saturated heterocycles. The fraction of sp³-hybridized carbons (Fsp3) is 0.250. The first-order valence-corrected chi connectivity index (χ1v) is 7.69. The summed E-state index contributed by atoms with van der Waals surface area (Å²) in [5.74, 6) is 0. The Morgan fingerprint density at radius 1 is 1.06 bits per heavy atom. The number of hydrogen-bond acceptors (Lipinski definition) is 1. The average Bonchev–Trinajstić information content (AvgIpc) is 2.41. The van der Waals surface area contributed by atoms with Crippen molar-refractivity contribution < 1.29 is 0 Å². The van der Waals surface area contributed by atoms with Crippen LogP contribution in [0.25, 0.3) is 0 Å². The van der Waals surface area contributed by atoms with Crippen LogP contribution < -0.4 is 0 Å². The van der Waals surface area contributed by atoms with Crippen LogP contribution in [0.5, 0.6) is 0 Å². The topological polar surface area (TPSA) is 0 Å². The van der Waals surface area contributed by atoms with Crippen LogP contribution in [-0.2, 0) is 6.42 Å². The van der Waals surface area contributed by atoms with E-state index in [0.717, 1.165) is 6.42 Å². The Balaban J connectivity index is 2.16. The van der Waals surface area contributed by atoms with E-state index < -0.39 is 0 Å². The summed E-state index contributed by atoms with van der Waals surface area (Å²) in [5.41, 5.74) is 3.80. The maximum atomic E-state index is 6.55. The van der Waals surface area contributed by atoms with Crippen LogP contribution in [0.15, 0.2) is 53.4 Å². The van der Waals surface area contributed by atoms with Crippen molar-refractivity contribution in [1.29, 1.82) is 0 Å². The summed E-state index contributed by atoms with van der Waals surface area (Å²) in [6.07, 6.45) is 2.97. The Kier molecular flexibility index (Phi) is 4.73. The van der Waals surface area contributed by atoms with Gasteiger partial charge in [0.15, 0.2) is 0 Å². The van der Waals surface area contributed by atoms with E-state index in [9.17, 15) is 0 Å². The van der Waals surface area contributed by atoms with E-state index in [1.54, 1.807) is 11.8 Å². The Morgan fingerprint density at radius 3 is 2.39 bits per heavy atom. The molecule has 1 unspecified atom stereocenters. The second-order valence-electron chi connectivity index (χ2n) is 4.40. The molecule has 0 nitrogen and oxygen atoms in total. The normalized spacial score (nSPS) is 12.4. The van der Waals surface area contributed by atoms with Crippen LogP contribution in [0.1, 0.15) is 22.1 Å². The molecule has 0 fully saturated rings. The molecule has 0 aliphatic rings. The molecule has 0 aliphatic carbocycles. The molecule has 0 saturated carbocycles. The number of rotatable bonds is 4. The molecule has 0 radical (unpaired) electrons. The SMILES string of the molecule is CSc1ccccc1C(Cl)Cc1ccc(C)cc1. The minimum atomic E-state index is 0.0383. The minimum Gasteiger partial charge on any atom is -0.129 e. The first kappa shape index (κ1) is 13.5. The lowest BCUT2D eigenvalue weighted by Gasteiger charge is -2.13. The van der Waals surface area contributed by atoms with Crippen LogP contribution in [0.3, 0.4) is 0 Å². The third-order valence-electron chi connectivity index (χ3n) is 3.01. The second-order valence-corrected chi connectivity index (χ2v) is 5.77. The van der Waals surface area contributed by atoms with Crippen LogP contribution in [-0.4, -0.2) is 6.26 Å². The first-order chi connectivity index (χ1) is 8.70. The van der Waals surface area contributed by atoms with Gasteiger partial charge in [0.25, 0.3) is 0 Å². The summed E-state index contributed by atoms with van der Waals surface area (Å²) in [6.45, 7) is 2.10. The molecule has 1 atom stereocenters. The molecule has 2 heteroatoms. The van der Waals surface area contributed by atoms with E-state index in [1.165, 1.54) is 21.6 Å². The zero-order valence-electron chi connectivity index (χ0n) is 10.7. The quantitative estimate of drug-likeness (QED) is 0.544. The van der Waals surface area contributed by atoms with Crippen molar-refractivity contribution in [3.8, 4) is 0 Å². The van der Waals surface area contributed by atoms with E-state index in [0.29, 0.717) is 0 Å². The zero-order chi connectivity index (χ0) is 13.0. The molecule has 94 valence electrons. The summed E-state index contributed by atoms with van der Waals surface area (Å²) in [6, 6.07) is 17.0. The van der Waals surface area contributed by atoms with E-state index >= 15 is 0 Å². The standard InChI is InChI=1S/C16H17ClS/c1-12-7-9-13(10-8-12)11-15(17)14-5-3-4-6-16(14)18-2/h3-10,15H,11H2,1-2H3. The molecule has 2 aromatic rings. The fourth-order valence-corrected chi connectivity index (χ4v) is 3.06. The predicted octanol–water partition coefficient (Wildman–Crippen LogP) is 5.24. The Bertz CT molecular complexity index is 505. The second kappa shape index (κ2) is 6.31. The summed E-state index contributed by atoms with van der Waals surface area (Å²) < 4.78 is 0. The molecule has 0 N–H and O–H groups in total. The van der Waals surface area contributed by atoms with Crippen LogP contribution >= 0.6 is 23.4 Å². The molecule has 0 aromatic heterocycles. The lowest BCUT2D eigenvalue weighted by molar-refractivity contribution is 0.896. The van der Waals surface area contributed by atoms with Crippen molar-refractivity contribution in [1.82, 2.24) is 0 Å². The van der Waals surface area contributed by atoms with Gasteiger partial charge in [-0.25, -0.2) is 0 Å². The molecule has 0 bridgehead atoms. The summed E-state index contributed by atoms with van der Waals surface area (Å²) in [5, 5.41) is 0.0383. The largest absolute Gasteiger partial charge is 0.129 e. The molecular weight excluding hydrogens is 260 g/mol. The third kappa shape index (κ3) is 3.30. The van der Waals surface area contributed by atoms with E-state index in [-0.39, 0.29) is 5.38 Å². The number of benzene rings is 2. The Hall–Kier alpha value is -0.920. The maximum absolute atomic E-state index is 6.55. The highest BCUT2D eigenvalue weighted by molar-refractivity contribution is 7.98. The smallest absolute Gasteiger partial charge is 0.0636 e. The van der Waals surface area contributed by atoms with E-state index in [1.807, 2.05) is 0 Å². The Morgan fingerprint density at radius 2 is 1.72 bits per heavy atom. The summed E-state index contributed by atoms with van der Waals surface area (Å²) >= 11 is 8.30. The van der Waals surface area contributed by atoms with Gasteiger partial charge in [0.05, 0.1) is 5.38 Å². The average molecular weight is 277 g/mol. The van der Waals surface area contributed by atoms with Crippen molar-refractivity contribution in [3.63, 3.8) is 0 Å². The molecule has 18 heavy (non-hydrogen) atoms. The lowest BCUT2D eigenvalue weighted by atomic mass is 10.0. The van der Waals surface area contributed by atoms with Crippen molar-refractivity contribution in [2.75, 3.05) is 6.26 Å². The highest BCUT2D eigenvalue weighted by atomic mass is 35.5. The molecule has 2 aromatic carbocycles. The number of halogens is 1. The molecule has 0 amide bonds. The number of thioether (sulfide) groups is 1. The number of alkyl halides is 1. The van der Waals surface area contributed by atoms with Gasteiger partial charge in [-0.1, -0.05) is 48.0 Å². The highest BCUT2D eigenvalue weighted by Gasteiger charge is 2.12. The fourth-order valence-electron chi connectivity index (χ4n) is 1.97. The first-order valence-electron chi connectivity index (χ1n) is 6.03. The van der Waals surface area contributed by atoms with Gasteiger partial charge in [-0.15, -0.1) is 23.4 Å². The van der Waals surface area contributed by atoms with Gasteiger partial charge in [0.2, 0.25) is 0 Å². The molecule has 0 spiro atoms. The van der Waals surface area contributed by atoms with Gasteiger partial charge in [-0.3, -0.25) is 0 Å². The van der Waals surface area contributed by atoms with Gasteiger partial charge < -0.3 is 0 Å². The number of hydrogen-bond donors (Lipinski definition) is 0. The van der Waals surface area contributed by atoms with Gasteiger partial charge in [-0.05, 0) is 36.8 Å². The van der Waals surface area contributed by atoms with Crippen molar-refractivity contribution in [3.05, 3.63) is 65.2 Å². The van der Waals surface area contributed by atoms with Crippen LogP contribution in [0.2, 0.25) is 0 Å². The third-order valence-corrected chi connectivity index (χ3v) is 4.21. The Labute approximate surface area is 118 Å². The highest BCUT2D eigenvalue weighted by Crippen LogP contribution is 2.32. The van der Waals surface area contributed by atoms with Crippen LogP contribution in [0.4, 0.5) is 0 Å². The van der Waals surface area contributed by atoms with Gasteiger partial charge >= 0.3 is 0 Å². The van der Waals surface area contributed by atoms with E-state index in [4.69, 9.17) is 11.6 Å². The summed E-state index contributed by atoms with van der Waals surface area (Å²) in [7, 11) is 0. The molecular formula is C16H17ClS. The predicted molar refractivity (Wildman–Crippen MR) is 81.7 cm³/mol. The molecule has 0 aliphatic heterocycles. The van der Waals surface area contributed by atoms with E-state index in [2.05, 4.69) is 61.7 Å². The monoisotopic (exact) mass is 276 g/mol. The molecule has 0 heterocycles. The van der Waals surface area contributed by atoms with Gasteiger partial charge in [0.1, 0.15) is 0 Å². The van der Waals surface area contributed by atoms with Gasteiger partial charge in [0, 0.05) is 4.90 Å². The molecule has 2 rings (SSSR count). The maximum Gasteiger partial charge on any atom is 0.0636 e. The van der Waals surface area contributed by atoms with Crippen molar-refractivity contribution in [2.24, 2.45) is 0 Å².